The van der Waals surface area contributed by atoms with E-state index in [0.29, 0.717) is 34.0 Å². The molecule has 0 aliphatic carbocycles. The number of thioether (sulfide) groups is 1. The molecule has 2 rings (SSSR count). The predicted molar refractivity (Wildman–Crippen MR) is 184 cm³/mol. The number of benzene rings is 1. The second kappa shape index (κ2) is 25.0. The molecule has 44 heavy (non-hydrogen) atoms. The van der Waals surface area contributed by atoms with E-state index in [9.17, 15) is 15.3 Å². The number of ether oxygens (including phenoxy) is 1. The second-order valence-corrected chi connectivity index (χ2v) is 11.9. The van der Waals surface area contributed by atoms with Crippen LogP contribution < -0.4 is 10.6 Å². The van der Waals surface area contributed by atoms with Crippen LogP contribution in [0.5, 0.6) is 0 Å². The van der Waals surface area contributed by atoms with Gasteiger partial charge in [0.2, 0.25) is 5.91 Å². The maximum Gasteiger partial charge on any atom is 0.235 e. The summed E-state index contributed by atoms with van der Waals surface area (Å²) in [6, 6.07) is 13.8. The monoisotopic (exact) mass is 625 g/mol. The Balaban J connectivity index is 0. The van der Waals surface area contributed by atoms with Gasteiger partial charge in [0.25, 0.3) is 0 Å². The smallest absolute Gasteiger partial charge is 0.235 e. The van der Waals surface area contributed by atoms with E-state index >= 15 is 0 Å². The van der Waals surface area contributed by atoms with Crippen molar-refractivity contribution in [2.45, 2.75) is 117 Å². The number of nitriles is 2. The number of carbonyl (C=O) groups excluding carboxylic acids is 2. The molecule has 0 aliphatic heterocycles. The summed E-state index contributed by atoms with van der Waals surface area (Å²) in [7, 11) is 1.71. The van der Waals surface area contributed by atoms with Crippen LogP contribution in [0.3, 0.4) is 0 Å². The lowest BCUT2D eigenvalue weighted by Gasteiger charge is -2.26. The molecule has 1 unspecified atom stereocenters. The van der Waals surface area contributed by atoms with Crippen molar-refractivity contribution in [3.05, 3.63) is 52.6 Å². The molecule has 1 aromatic carbocycles. The molecule has 0 bridgehead atoms. The van der Waals surface area contributed by atoms with E-state index in [1.165, 1.54) is 25.1 Å². The summed E-state index contributed by atoms with van der Waals surface area (Å²) in [5.74, 6) is 0.101. The van der Waals surface area contributed by atoms with Crippen LogP contribution in [-0.2, 0) is 20.7 Å². The molecule has 2 N–H and O–H groups in total. The van der Waals surface area contributed by atoms with Crippen molar-refractivity contribution in [1.82, 2.24) is 4.98 Å². The number of anilines is 1. The van der Waals surface area contributed by atoms with Gasteiger partial charge in [-0.25, -0.2) is 4.98 Å². The highest BCUT2D eigenvalue weighted by atomic mass is 32.2. The molecule has 244 valence electrons. The largest absolute Gasteiger partial charge is 0.379 e. The third kappa shape index (κ3) is 16.4. The number of pyridine rings is 1. The SMILES string of the molecule is CC=O.CCC.CCCCCN(CCC)c1nc(SC(C(N)=O)c2ccccc2)c(C#N)c(CC)c1C#N.COC(C)(C)C. The van der Waals surface area contributed by atoms with Crippen LogP contribution in [0.2, 0.25) is 0 Å². The molecule has 9 heteroatoms. The summed E-state index contributed by atoms with van der Waals surface area (Å²) in [5.41, 5.74) is 8.01. The highest BCUT2D eigenvalue weighted by Gasteiger charge is 2.27. The second-order valence-electron chi connectivity index (χ2n) is 10.8. The Morgan fingerprint density at radius 3 is 1.93 bits per heavy atom. The fraction of sp³-hybridized carbons (Fsp3) is 0.571. The van der Waals surface area contributed by atoms with Crippen molar-refractivity contribution in [2.75, 3.05) is 25.1 Å². The third-order valence-electron chi connectivity index (χ3n) is 5.85. The predicted octanol–water partition coefficient (Wildman–Crippen LogP) is 8.17. The number of unbranched alkanes of at least 4 members (excludes halogenated alkanes) is 2. The number of hydrogen-bond donors (Lipinski definition) is 1. The fourth-order valence-corrected chi connectivity index (χ4v) is 4.73. The average molecular weight is 626 g/mol. The summed E-state index contributed by atoms with van der Waals surface area (Å²) >= 11 is 1.18. The molecule has 2 aromatic rings. The molecular formula is C35H55N5O3S. The number of amides is 1. The first-order valence-corrected chi connectivity index (χ1v) is 16.4. The van der Waals surface area contributed by atoms with Crippen LogP contribution in [0.15, 0.2) is 35.4 Å². The van der Waals surface area contributed by atoms with Gasteiger partial charge >= 0.3 is 0 Å². The van der Waals surface area contributed by atoms with E-state index in [1.807, 2.05) is 58.0 Å². The molecule has 8 nitrogen and oxygen atoms in total. The molecule has 0 saturated carbocycles. The number of carbonyl (C=O) groups is 2. The number of primary amides is 1. The molecular weight excluding hydrogens is 570 g/mol. The van der Waals surface area contributed by atoms with Crippen molar-refractivity contribution in [3.63, 3.8) is 0 Å². The van der Waals surface area contributed by atoms with Gasteiger partial charge in [0.15, 0.2) is 0 Å². The summed E-state index contributed by atoms with van der Waals surface area (Å²) in [6.45, 7) is 19.5. The van der Waals surface area contributed by atoms with Crippen molar-refractivity contribution >= 4 is 29.8 Å². The normalized spacial score (nSPS) is 10.6. The number of aromatic nitrogens is 1. The van der Waals surface area contributed by atoms with Crippen molar-refractivity contribution in [3.8, 4) is 12.1 Å². The molecule has 1 aromatic heterocycles. The summed E-state index contributed by atoms with van der Waals surface area (Å²) in [5, 5.41) is 19.7. The summed E-state index contributed by atoms with van der Waals surface area (Å²) in [6.07, 6.45) is 6.64. The first-order chi connectivity index (χ1) is 20.9. The van der Waals surface area contributed by atoms with Crippen LogP contribution in [0.4, 0.5) is 5.82 Å². The zero-order chi connectivity index (χ0) is 34.1. The van der Waals surface area contributed by atoms with Crippen LogP contribution in [0.25, 0.3) is 0 Å². The Morgan fingerprint density at radius 2 is 1.55 bits per heavy atom. The Labute approximate surface area is 271 Å². The van der Waals surface area contributed by atoms with Gasteiger partial charge in [-0.1, -0.05) is 96.0 Å². The highest BCUT2D eigenvalue weighted by molar-refractivity contribution is 8.00. The zero-order valence-electron chi connectivity index (χ0n) is 28.7. The van der Waals surface area contributed by atoms with Gasteiger partial charge in [0.05, 0.1) is 16.7 Å². The van der Waals surface area contributed by atoms with Crippen molar-refractivity contribution < 1.29 is 14.3 Å². The third-order valence-corrected chi connectivity index (χ3v) is 7.11. The number of nitrogens with two attached hydrogens (primary N) is 1. The molecule has 0 aliphatic rings. The molecule has 0 spiro atoms. The minimum absolute atomic E-state index is 0.0417. The average Bonchev–Trinajstić information content (AvgIpc) is 2.99. The van der Waals surface area contributed by atoms with Crippen molar-refractivity contribution in [2.24, 2.45) is 5.73 Å². The Hall–Kier alpha value is -3.40. The van der Waals surface area contributed by atoms with Gasteiger partial charge in [-0.05, 0) is 58.1 Å². The first-order valence-electron chi connectivity index (χ1n) is 15.5. The minimum atomic E-state index is -0.680. The first kappa shape index (κ1) is 42.7. The number of aldehydes is 1. The van der Waals surface area contributed by atoms with Gasteiger partial charge < -0.3 is 20.2 Å². The van der Waals surface area contributed by atoms with Crippen LogP contribution in [0, 0.1) is 22.7 Å². The van der Waals surface area contributed by atoms with E-state index in [2.05, 4.69) is 44.7 Å². The quantitative estimate of drug-likeness (QED) is 0.142. The summed E-state index contributed by atoms with van der Waals surface area (Å²) in [4.78, 5) is 28.1. The fourth-order valence-electron chi connectivity index (χ4n) is 3.67. The number of methoxy groups -OCH3 is 1. The standard InChI is InChI=1S/C25H31N5OS.C5H12O.C3H8.C2H4O/c1-4-7-11-15-30(14-5-2)24-20(16-26)19(6-3)21(17-27)25(29-24)32-22(23(28)31)18-12-9-8-10-13-18;1-5(2,3)6-4;1-3-2;1-2-3/h8-10,12-13,22H,4-7,11,14-15H2,1-3H3,(H2,28,31);1-4H3;3H2,1-2H3;2H,1H3. The molecule has 1 atom stereocenters. The van der Waals surface area contributed by atoms with Gasteiger partial charge in [-0.2, -0.15) is 10.5 Å². The Bertz CT molecular complexity index is 1170. The molecule has 0 saturated heterocycles. The van der Waals surface area contributed by atoms with Crippen molar-refractivity contribution in [1.29, 1.82) is 10.5 Å². The maximum atomic E-state index is 12.3. The van der Waals surface area contributed by atoms with E-state index in [0.717, 1.165) is 50.6 Å². The Kier molecular flexibility index (Phi) is 24.3. The lowest BCUT2D eigenvalue weighted by atomic mass is 10.0. The van der Waals surface area contributed by atoms with Crippen LogP contribution >= 0.6 is 11.8 Å². The van der Waals surface area contributed by atoms with E-state index in [4.69, 9.17) is 20.2 Å². The van der Waals surface area contributed by atoms with E-state index in [1.54, 1.807) is 7.11 Å². The van der Waals surface area contributed by atoms with E-state index in [-0.39, 0.29) is 5.60 Å². The lowest BCUT2D eigenvalue weighted by Crippen LogP contribution is -2.28. The molecule has 1 amide bonds. The van der Waals surface area contributed by atoms with E-state index < -0.39 is 11.2 Å². The number of rotatable bonds is 12. The lowest BCUT2D eigenvalue weighted by molar-refractivity contribution is -0.117. The highest BCUT2D eigenvalue weighted by Crippen LogP contribution is 2.39. The van der Waals surface area contributed by atoms with Gasteiger partial charge in [0.1, 0.15) is 34.5 Å². The van der Waals surface area contributed by atoms with Crippen LogP contribution in [0.1, 0.15) is 122 Å². The number of nitrogens with zero attached hydrogens (tertiary/aromatic N) is 4. The van der Waals surface area contributed by atoms with Gasteiger partial charge in [-0.15, -0.1) is 0 Å². The topological polar surface area (TPSA) is 133 Å². The Morgan fingerprint density at radius 1 is 1.02 bits per heavy atom. The zero-order valence-corrected chi connectivity index (χ0v) is 29.5. The maximum absolute atomic E-state index is 12.3. The summed E-state index contributed by atoms with van der Waals surface area (Å²) < 4.78 is 4.94. The molecule has 0 fully saturated rings. The van der Waals surface area contributed by atoms with Crippen LogP contribution in [-0.4, -0.2) is 43.0 Å². The minimum Gasteiger partial charge on any atom is -0.379 e. The van der Waals surface area contributed by atoms with Gasteiger partial charge in [-0.3, -0.25) is 4.79 Å². The number of hydrogen-bond acceptors (Lipinski definition) is 8. The molecule has 1 heterocycles. The molecule has 0 radical (unpaired) electrons. The van der Waals surface area contributed by atoms with Gasteiger partial charge in [0, 0.05) is 20.2 Å².